The number of hydrogen-bond donors (Lipinski definition) is 0. The molecule has 1 saturated carbocycles. The lowest BCUT2D eigenvalue weighted by Crippen LogP contribution is -2.46. The number of halogens is 2. The van der Waals surface area contributed by atoms with Gasteiger partial charge in [-0.2, -0.15) is 5.10 Å². The molecule has 2 atom stereocenters. The zero-order valence-electron chi connectivity index (χ0n) is 17.2. The van der Waals surface area contributed by atoms with Crippen LogP contribution in [0.1, 0.15) is 55.7 Å². The molecule has 2 aliphatic heterocycles. The summed E-state index contributed by atoms with van der Waals surface area (Å²) < 4.78 is 6.55. The summed E-state index contributed by atoms with van der Waals surface area (Å²) in [6.07, 6.45) is 6.93. The van der Waals surface area contributed by atoms with Crippen molar-refractivity contribution in [2.24, 2.45) is 11.0 Å². The van der Waals surface area contributed by atoms with Crippen molar-refractivity contribution in [1.82, 2.24) is 5.01 Å². The van der Waals surface area contributed by atoms with Crippen molar-refractivity contribution in [3.05, 3.63) is 75.8 Å². The van der Waals surface area contributed by atoms with Gasteiger partial charge in [-0.25, -0.2) is 5.01 Å². The summed E-state index contributed by atoms with van der Waals surface area (Å²) >= 11 is 13.0. The van der Waals surface area contributed by atoms with Crippen molar-refractivity contribution in [3.8, 4) is 5.75 Å². The van der Waals surface area contributed by atoms with Crippen LogP contribution in [0.2, 0.25) is 10.0 Å². The fourth-order valence-electron chi connectivity index (χ4n) is 5.42. The Morgan fingerprint density at radius 3 is 2.55 bits per heavy atom. The van der Waals surface area contributed by atoms with Gasteiger partial charge in [0.25, 0.3) is 0 Å². The van der Waals surface area contributed by atoms with E-state index >= 15 is 0 Å². The fraction of sp³-hybridized carbons (Fsp3) is 0.346. The van der Waals surface area contributed by atoms with E-state index in [-0.39, 0.29) is 12.3 Å². The zero-order chi connectivity index (χ0) is 20.9. The second kappa shape index (κ2) is 7.72. The smallest absolute Gasteiger partial charge is 0.190 e. The lowest BCUT2D eigenvalue weighted by Gasteiger charge is -2.43. The predicted octanol–water partition coefficient (Wildman–Crippen LogP) is 7.60. The first-order valence-electron chi connectivity index (χ1n) is 11.2. The van der Waals surface area contributed by atoms with E-state index in [1.807, 2.05) is 6.07 Å². The van der Waals surface area contributed by atoms with Crippen molar-refractivity contribution in [2.45, 2.75) is 50.8 Å². The molecule has 6 rings (SSSR count). The standard InChI is InChI=1S/C26H24Cl2N2O/c27-20-13-21-24-15-23(19-11-10-16-6-4-5-9-18(16)12-19)29-30(24)26(17-7-2-1-3-8-17)31-25(21)22(28)14-20/h4-6,9-14,17,24,26H,1-3,7-8,15H2/t24-,26-/m1/s1. The van der Waals surface area contributed by atoms with Gasteiger partial charge in [0.05, 0.1) is 16.8 Å². The summed E-state index contributed by atoms with van der Waals surface area (Å²) in [6.45, 7) is 0. The molecule has 0 amide bonds. The number of benzene rings is 3. The van der Waals surface area contributed by atoms with Gasteiger partial charge in [0.2, 0.25) is 0 Å². The summed E-state index contributed by atoms with van der Waals surface area (Å²) in [5, 5.41) is 11.1. The molecular formula is C26H24Cl2N2O. The molecule has 0 N–H and O–H groups in total. The Bertz CT molecular complexity index is 1190. The number of fused-ring (bicyclic) bond motifs is 4. The third kappa shape index (κ3) is 3.39. The maximum absolute atomic E-state index is 6.60. The molecule has 31 heavy (non-hydrogen) atoms. The maximum Gasteiger partial charge on any atom is 0.190 e. The van der Waals surface area contributed by atoms with Crippen molar-refractivity contribution in [1.29, 1.82) is 0 Å². The molecule has 3 aromatic rings. The Labute approximate surface area is 192 Å². The summed E-state index contributed by atoms with van der Waals surface area (Å²) in [6, 6.07) is 19.0. The molecule has 0 bridgehead atoms. The average Bonchev–Trinajstić information content (AvgIpc) is 3.25. The lowest BCUT2D eigenvalue weighted by molar-refractivity contribution is -0.0642. The van der Waals surface area contributed by atoms with Crippen LogP contribution >= 0.6 is 23.2 Å². The number of hydrazone groups is 1. The molecule has 0 radical (unpaired) electrons. The number of hydrogen-bond acceptors (Lipinski definition) is 3. The molecule has 2 heterocycles. The van der Waals surface area contributed by atoms with Crippen LogP contribution in [-0.2, 0) is 0 Å². The van der Waals surface area contributed by atoms with E-state index in [9.17, 15) is 0 Å². The summed E-state index contributed by atoms with van der Waals surface area (Å²) in [5.74, 6) is 1.26. The van der Waals surface area contributed by atoms with E-state index in [0.717, 1.165) is 23.4 Å². The number of ether oxygens (including phenoxy) is 1. The largest absolute Gasteiger partial charge is 0.467 e. The topological polar surface area (TPSA) is 24.8 Å². The Morgan fingerprint density at radius 2 is 1.71 bits per heavy atom. The van der Waals surface area contributed by atoms with E-state index in [1.165, 1.54) is 48.4 Å². The van der Waals surface area contributed by atoms with Gasteiger partial charge in [-0.3, -0.25) is 0 Å². The summed E-state index contributed by atoms with van der Waals surface area (Å²) in [4.78, 5) is 0. The molecule has 0 spiro atoms. The molecule has 0 unspecified atom stereocenters. The van der Waals surface area contributed by atoms with Gasteiger partial charge >= 0.3 is 0 Å². The summed E-state index contributed by atoms with van der Waals surface area (Å²) in [7, 11) is 0. The van der Waals surface area contributed by atoms with Crippen molar-refractivity contribution < 1.29 is 4.74 Å². The molecule has 1 fully saturated rings. The Hall–Kier alpha value is -2.23. The average molecular weight is 451 g/mol. The van der Waals surface area contributed by atoms with Crippen LogP contribution in [0, 0.1) is 5.92 Å². The fourth-order valence-corrected chi connectivity index (χ4v) is 5.97. The second-order valence-electron chi connectivity index (χ2n) is 8.92. The third-order valence-electron chi connectivity index (χ3n) is 6.97. The zero-order valence-corrected chi connectivity index (χ0v) is 18.7. The van der Waals surface area contributed by atoms with E-state index in [2.05, 4.69) is 47.5 Å². The van der Waals surface area contributed by atoms with Crippen LogP contribution in [0.4, 0.5) is 0 Å². The molecular weight excluding hydrogens is 427 g/mol. The molecule has 0 aromatic heterocycles. The minimum Gasteiger partial charge on any atom is -0.467 e. The SMILES string of the molecule is Clc1cc(Cl)c2c(c1)[C@H]1CC(c3ccc4ccccc4c3)=NN1[C@@H](C1CCCCC1)O2. The van der Waals surface area contributed by atoms with Gasteiger partial charge in [-0.15, -0.1) is 0 Å². The molecule has 3 aromatic carbocycles. The first kappa shape index (κ1) is 19.5. The van der Waals surface area contributed by atoms with Crippen LogP contribution in [0.15, 0.2) is 59.7 Å². The molecule has 3 aliphatic rings. The van der Waals surface area contributed by atoms with Crippen LogP contribution in [0.25, 0.3) is 10.8 Å². The van der Waals surface area contributed by atoms with Crippen molar-refractivity contribution >= 4 is 39.7 Å². The van der Waals surface area contributed by atoms with E-state index in [1.54, 1.807) is 6.07 Å². The highest BCUT2D eigenvalue weighted by Crippen LogP contribution is 2.49. The second-order valence-corrected chi connectivity index (χ2v) is 9.76. The van der Waals surface area contributed by atoms with Gasteiger partial charge in [0, 0.05) is 22.9 Å². The minimum atomic E-state index is -0.0746. The van der Waals surface area contributed by atoms with Gasteiger partial charge in [-0.05, 0) is 47.4 Å². The van der Waals surface area contributed by atoms with Crippen LogP contribution in [-0.4, -0.2) is 16.9 Å². The maximum atomic E-state index is 6.60. The van der Waals surface area contributed by atoms with E-state index in [4.69, 9.17) is 33.0 Å². The van der Waals surface area contributed by atoms with Gasteiger partial charge in [0.15, 0.2) is 6.23 Å². The molecule has 5 heteroatoms. The normalized spacial score (nSPS) is 23.3. The van der Waals surface area contributed by atoms with E-state index < -0.39 is 0 Å². The molecule has 3 nitrogen and oxygen atoms in total. The number of rotatable bonds is 2. The highest BCUT2D eigenvalue weighted by Gasteiger charge is 2.44. The van der Waals surface area contributed by atoms with Crippen LogP contribution in [0.3, 0.4) is 0 Å². The Kier molecular flexibility index (Phi) is 4.85. The van der Waals surface area contributed by atoms with Gasteiger partial charge in [0.1, 0.15) is 5.75 Å². The quantitative estimate of drug-likeness (QED) is 0.401. The van der Waals surface area contributed by atoms with Crippen LogP contribution < -0.4 is 4.74 Å². The first-order valence-corrected chi connectivity index (χ1v) is 11.9. The predicted molar refractivity (Wildman–Crippen MR) is 127 cm³/mol. The third-order valence-corrected chi connectivity index (χ3v) is 7.47. The minimum absolute atomic E-state index is 0.0746. The molecule has 0 saturated heterocycles. The highest BCUT2D eigenvalue weighted by molar-refractivity contribution is 6.35. The van der Waals surface area contributed by atoms with Crippen LogP contribution in [0.5, 0.6) is 5.75 Å². The van der Waals surface area contributed by atoms with Gasteiger partial charge in [-0.1, -0.05) is 78.9 Å². The van der Waals surface area contributed by atoms with E-state index in [0.29, 0.717) is 16.0 Å². The highest BCUT2D eigenvalue weighted by atomic mass is 35.5. The first-order chi connectivity index (χ1) is 15.2. The monoisotopic (exact) mass is 450 g/mol. The molecule has 1 aliphatic carbocycles. The summed E-state index contributed by atoms with van der Waals surface area (Å²) in [5.41, 5.74) is 3.32. The number of nitrogens with zero attached hydrogens (tertiary/aromatic N) is 2. The van der Waals surface area contributed by atoms with Crippen molar-refractivity contribution in [2.75, 3.05) is 0 Å². The Balaban J connectivity index is 1.43. The molecule has 158 valence electrons. The lowest BCUT2D eigenvalue weighted by atomic mass is 9.86. The van der Waals surface area contributed by atoms with Gasteiger partial charge < -0.3 is 4.74 Å². The van der Waals surface area contributed by atoms with Crippen molar-refractivity contribution in [3.63, 3.8) is 0 Å². The Morgan fingerprint density at radius 1 is 0.903 bits per heavy atom.